The van der Waals surface area contributed by atoms with E-state index in [1.807, 2.05) is 19.9 Å². The summed E-state index contributed by atoms with van der Waals surface area (Å²) in [6.07, 6.45) is 1.00. The molecule has 0 spiro atoms. The second-order valence-electron chi connectivity index (χ2n) is 6.37. The SMILES string of the molecule is Cc1nc(C)c2c(n1)O[C@H](CN(C)Cc1ccc3nsnc3c1)C2. The molecule has 1 aliphatic rings. The zero-order chi connectivity index (χ0) is 16.7. The molecular formula is C17H19N5OS. The van der Waals surface area contributed by atoms with E-state index in [-0.39, 0.29) is 6.10 Å². The summed E-state index contributed by atoms with van der Waals surface area (Å²) >= 11 is 1.26. The molecule has 4 rings (SSSR count). The first kappa shape index (κ1) is 15.4. The Hall–Kier alpha value is -2.12. The Morgan fingerprint density at radius 1 is 1.21 bits per heavy atom. The van der Waals surface area contributed by atoms with E-state index >= 15 is 0 Å². The van der Waals surface area contributed by atoms with Crippen molar-refractivity contribution in [1.82, 2.24) is 23.6 Å². The van der Waals surface area contributed by atoms with E-state index < -0.39 is 0 Å². The van der Waals surface area contributed by atoms with Crippen molar-refractivity contribution in [2.45, 2.75) is 32.9 Å². The van der Waals surface area contributed by atoms with Crippen molar-refractivity contribution in [3.8, 4) is 5.88 Å². The number of nitrogens with zero attached hydrogens (tertiary/aromatic N) is 5. The first-order valence-corrected chi connectivity index (χ1v) is 8.72. The van der Waals surface area contributed by atoms with Gasteiger partial charge in [0.1, 0.15) is 23.0 Å². The van der Waals surface area contributed by atoms with Crippen LogP contribution in [0.1, 0.15) is 22.6 Å². The molecule has 24 heavy (non-hydrogen) atoms. The normalized spacial score (nSPS) is 16.6. The van der Waals surface area contributed by atoms with Gasteiger partial charge >= 0.3 is 0 Å². The Labute approximate surface area is 144 Å². The molecule has 3 heterocycles. The molecule has 0 amide bonds. The van der Waals surface area contributed by atoms with Gasteiger partial charge in [-0.05, 0) is 38.6 Å². The third-order valence-corrected chi connectivity index (χ3v) is 4.84. The Kier molecular flexibility index (Phi) is 3.90. The number of benzene rings is 1. The van der Waals surface area contributed by atoms with Crippen LogP contribution < -0.4 is 4.74 Å². The number of fused-ring (bicyclic) bond motifs is 2. The van der Waals surface area contributed by atoms with Crippen LogP contribution in [-0.4, -0.2) is 43.3 Å². The molecule has 6 nitrogen and oxygen atoms in total. The van der Waals surface area contributed by atoms with Gasteiger partial charge in [0, 0.05) is 30.8 Å². The largest absolute Gasteiger partial charge is 0.472 e. The van der Waals surface area contributed by atoms with Gasteiger partial charge in [0.2, 0.25) is 5.88 Å². The van der Waals surface area contributed by atoms with Crippen molar-refractivity contribution in [2.75, 3.05) is 13.6 Å². The van der Waals surface area contributed by atoms with Gasteiger partial charge in [-0.15, -0.1) is 0 Å². The summed E-state index contributed by atoms with van der Waals surface area (Å²) in [5.74, 6) is 1.53. The maximum absolute atomic E-state index is 6.02. The first-order valence-electron chi connectivity index (χ1n) is 7.99. The molecule has 0 N–H and O–H groups in total. The molecule has 1 aromatic carbocycles. The van der Waals surface area contributed by atoms with Gasteiger partial charge in [-0.25, -0.2) is 4.98 Å². The summed E-state index contributed by atoms with van der Waals surface area (Å²) < 4.78 is 14.6. The molecule has 0 saturated heterocycles. The number of hydrogen-bond acceptors (Lipinski definition) is 7. The van der Waals surface area contributed by atoms with Gasteiger partial charge in [-0.3, -0.25) is 4.90 Å². The fourth-order valence-electron chi connectivity index (χ4n) is 3.22. The van der Waals surface area contributed by atoms with Crippen LogP contribution in [0.5, 0.6) is 5.88 Å². The summed E-state index contributed by atoms with van der Waals surface area (Å²) in [7, 11) is 2.11. The Bertz CT molecular complexity index is 894. The fraction of sp³-hybridized carbons (Fsp3) is 0.412. The Balaban J connectivity index is 1.41. The lowest BCUT2D eigenvalue weighted by molar-refractivity contribution is 0.160. The van der Waals surface area contributed by atoms with E-state index in [1.54, 1.807) is 0 Å². The maximum Gasteiger partial charge on any atom is 0.220 e. The first-order chi connectivity index (χ1) is 11.6. The van der Waals surface area contributed by atoms with E-state index in [0.717, 1.165) is 53.5 Å². The van der Waals surface area contributed by atoms with Crippen molar-refractivity contribution < 1.29 is 4.74 Å². The summed E-state index contributed by atoms with van der Waals surface area (Å²) in [6.45, 7) is 5.63. The Morgan fingerprint density at radius 3 is 2.92 bits per heavy atom. The van der Waals surface area contributed by atoms with Crippen LogP contribution in [0.25, 0.3) is 11.0 Å². The average molecular weight is 341 g/mol. The predicted octanol–water partition coefficient (Wildman–Crippen LogP) is 2.53. The van der Waals surface area contributed by atoms with Crippen LogP contribution in [0.4, 0.5) is 0 Å². The highest BCUT2D eigenvalue weighted by Gasteiger charge is 2.27. The van der Waals surface area contributed by atoms with Gasteiger partial charge in [-0.1, -0.05) is 6.07 Å². The van der Waals surface area contributed by atoms with Crippen molar-refractivity contribution in [1.29, 1.82) is 0 Å². The maximum atomic E-state index is 6.02. The number of ether oxygens (including phenoxy) is 1. The molecule has 0 unspecified atom stereocenters. The number of aromatic nitrogens is 4. The highest BCUT2D eigenvalue weighted by atomic mass is 32.1. The monoisotopic (exact) mass is 341 g/mol. The van der Waals surface area contributed by atoms with Crippen LogP contribution in [0.15, 0.2) is 18.2 Å². The van der Waals surface area contributed by atoms with Crippen LogP contribution in [0.3, 0.4) is 0 Å². The quantitative estimate of drug-likeness (QED) is 0.727. The van der Waals surface area contributed by atoms with E-state index in [4.69, 9.17) is 4.74 Å². The van der Waals surface area contributed by atoms with Gasteiger partial charge in [0.05, 0.1) is 11.7 Å². The molecular weight excluding hydrogens is 322 g/mol. The summed E-state index contributed by atoms with van der Waals surface area (Å²) in [6, 6.07) is 6.26. The Morgan fingerprint density at radius 2 is 2.04 bits per heavy atom. The lowest BCUT2D eigenvalue weighted by Gasteiger charge is -2.20. The van der Waals surface area contributed by atoms with Gasteiger partial charge in [0.25, 0.3) is 0 Å². The minimum absolute atomic E-state index is 0.129. The highest BCUT2D eigenvalue weighted by Crippen LogP contribution is 2.29. The lowest BCUT2D eigenvalue weighted by Crippen LogP contribution is -2.31. The molecule has 2 aromatic heterocycles. The van der Waals surface area contributed by atoms with Crippen LogP contribution in [0, 0.1) is 13.8 Å². The topological polar surface area (TPSA) is 64.0 Å². The predicted molar refractivity (Wildman–Crippen MR) is 93.4 cm³/mol. The summed E-state index contributed by atoms with van der Waals surface area (Å²) in [5, 5.41) is 0. The van der Waals surface area contributed by atoms with E-state index in [1.165, 1.54) is 17.3 Å². The number of likely N-dealkylation sites (N-methyl/N-ethyl adjacent to an activating group) is 1. The lowest BCUT2D eigenvalue weighted by atomic mass is 10.1. The molecule has 0 radical (unpaired) electrons. The van der Waals surface area contributed by atoms with Gasteiger partial charge < -0.3 is 4.74 Å². The third kappa shape index (κ3) is 2.97. The van der Waals surface area contributed by atoms with Crippen LogP contribution >= 0.6 is 11.7 Å². The van der Waals surface area contributed by atoms with Gasteiger partial charge in [-0.2, -0.15) is 13.7 Å². The highest BCUT2D eigenvalue weighted by molar-refractivity contribution is 7.00. The van der Waals surface area contributed by atoms with Crippen molar-refractivity contribution >= 4 is 22.8 Å². The van der Waals surface area contributed by atoms with Crippen molar-refractivity contribution in [3.63, 3.8) is 0 Å². The molecule has 7 heteroatoms. The molecule has 1 atom stereocenters. The minimum Gasteiger partial charge on any atom is -0.472 e. The van der Waals surface area contributed by atoms with Crippen molar-refractivity contribution in [2.24, 2.45) is 0 Å². The average Bonchev–Trinajstić information content (AvgIpc) is 3.12. The zero-order valence-corrected chi connectivity index (χ0v) is 14.8. The smallest absolute Gasteiger partial charge is 0.220 e. The van der Waals surface area contributed by atoms with E-state index in [0.29, 0.717) is 0 Å². The second kappa shape index (κ2) is 6.07. The van der Waals surface area contributed by atoms with Crippen LogP contribution in [-0.2, 0) is 13.0 Å². The van der Waals surface area contributed by atoms with Crippen molar-refractivity contribution in [3.05, 3.63) is 40.8 Å². The van der Waals surface area contributed by atoms with Crippen LogP contribution in [0.2, 0.25) is 0 Å². The summed E-state index contributed by atoms with van der Waals surface area (Å²) in [5.41, 5.74) is 5.35. The van der Waals surface area contributed by atoms with E-state index in [9.17, 15) is 0 Å². The zero-order valence-electron chi connectivity index (χ0n) is 14.0. The molecule has 3 aromatic rings. The van der Waals surface area contributed by atoms with Gasteiger partial charge in [0.15, 0.2) is 0 Å². The second-order valence-corrected chi connectivity index (χ2v) is 6.90. The van der Waals surface area contributed by atoms with E-state index in [2.05, 4.69) is 42.8 Å². The molecule has 1 aliphatic heterocycles. The number of aryl methyl sites for hydroxylation is 2. The molecule has 0 fully saturated rings. The molecule has 124 valence electrons. The fourth-order valence-corrected chi connectivity index (χ4v) is 3.73. The minimum atomic E-state index is 0.129. The standard InChI is InChI=1S/C17H19N5OS/c1-10-14-7-13(23-17(14)19-11(2)18-10)9-22(3)8-12-4-5-15-16(6-12)21-24-20-15/h4-6,13H,7-9H2,1-3H3/t13-/m0/s1. The third-order valence-electron chi connectivity index (χ3n) is 4.28. The molecule has 0 aliphatic carbocycles. The molecule has 0 saturated carbocycles. The summed E-state index contributed by atoms with van der Waals surface area (Å²) in [4.78, 5) is 11.1. The number of rotatable bonds is 4. The molecule has 0 bridgehead atoms. The number of hydrogen-bond donors (Lipinski definition) is 0.